The number of carbonyl (C=O) groups is 2. The molecule has 0 bridgehead atoms. The van der Waals surface area contributed by atoms with Gasteiger partial charge in [-0.1, -0.05) is 6.07 Å². The van der Waals surface area contributed by atoms with Gasteiger partial charge >= 0.3 is 6.03 Å². The van der Waals surface area contributed by atoms with Gasteiger partial charge in [0.1, 0.15) is 23.0 Å². The Morgan fingerprint density at radius 1 is 1.00 bits per heavy atom. The minimum atomic E-state index is -0.387. The minimum absolute atomic E-state index is 0.116. The van der Waals surface area contributed by atoms with E-state index < -0.39 is 0 Å². The Balaban J connectivity index is 1.31. The van der Waals surface area contributed by atoms with Crippen LogP contribution in [0.1, 0.15) is 40.2 Å². The molecule has 7 rings (SSSR count). The number of hydrogen-bond donors (Lipinski definition) is 1. The van der Waals surface area contributed by atoms with Crippen LogP contribution in [0, 0.1) is 0 Å². The first-order valence-corrected chi connectivity index (χ1v) is 15.4. The summed E-state index contributed by atoms with van der Waals surface area (Å²) in [4.78, 5) is 55.0. The van der Waals surface area contributed by atoms with Gasteiger partial charge in [-0.25, -0.2) is 19.7 Å². The molecule has 45 heavy (non-hydrogen) atoms. The van der Waals surface area contributed by atoms with Crippen molar-refractivity contribution in [3.05, 3.63) is 87.9 Å². The fraction of sp³-hybridized carbons (Fsp3) is 0.364. The molecule has 3 aliphatic rings. The highest BCUT2D eigenvalue weighted by molar-refractivity contribution is 6.06. The Morgan fingerprint density at radius 3 is 2.60 bits per heavy atom. The third-order valence-corrected chi connectivity index (χ3v) is 8.93. The second-order valence-electron chi connectivity index (χ2n) is 11.6. The number of carbonyl (C=O) groups excluding carboxylic acids is 2. The molecule has 0 unspecified atom stereocenters. The summed E-state index contributed by atoms with van der Waals surface area (Å²) in [6, 6.07) is 10.2. The van der Waals surface area contributed by atoms with Crippen LogP contribution in [0.4, 0.5) is 22.1 Å². The summed E-state index contributed by atoms with van der Waals surface area (Å²) in [6.07, 6.45) is 9.07. The van der Waals surface area contributed by atoms with Crippen molar-refractivity contribution in [2.24, 2.45) is 7.05 Å². The zero-order valence-corrected chi connectivity index (χ0v) is 25.2. The lowest BCUT2D eigenvalue weighted by molar-refractivity contribution is 0.0553. The number of aromatic nitrogens is 4. The highest BCUT2D eigenvalue weighted by atomic mass is 16.5. The molecule has 232 valence electrons. The molecule has 0 spiro atoms. The predicted molar refractivity (Wildman–Crippen MR) is 168 cm³/mol. The third kappa shape index (κ3) is 5.09. The number of anilines is 3. The molecule has 12 heteroatoms. The van der Waals surface area contributed by atoms with E-state index in [1.807, 2.05) is 6.07 Å². The molecule has 6 heterocycles. The summed E-state index contributed by atoms with van der Waals surface area (Å²) in [5, 5.41) is 10.7. The van der Waals surface area contributed by atoms with Gasteiger partial charge in [0.25, 0.3) is 11.5 Å². The molecule has 0 atom stereocenters. The summed E-state index contributed by atoms with van der Waals surface area (Å²) in [5.41, 5.74) is 4.54. The number of fused-ring (bicyclic) bond motifs is 3. The van der Waals surface area contributed by atoms with Crippen LogP contribution in [0.3, 0.4) is 0 Å². The number of aliphatic hydroxyl groups excluding tert-OH is 1. The van der Waals surface area contributed by atoms with Crippen molar-refractivity contribution in [2.75, 3.05) is 42.6 Å². The first kappa shape index (κ1) is 28.9. The van der Waals surface area contributed by atoms with Crippen LogP contribution in [0.15, 0.2) is 59.8 Å². The lowest BCUT2D eigenvalue weighted by Gasteiger charge is -2.32. The zero-order valence-electron chi connectivity index (χ0n) is 25.2. The molecular formula is C33H35N7O5. The van der Waals surface area contributed by atoms with Crippen molar-refractivity contribution in [3.8, 4) is 11.1 Å². The second-order valence-corrected chi connectivity index (χ2v) is 11.6. The highest BCUT2D eigenvalue weighted by Crippen LogP contribution is 2.35. The largest absolute Gasteiger partial charge is 0.392 e. The third-order valence-electron chi connectivity index (χ3n) is 8.93. The molecule has 1 N–H and O–H groups in total. The predicted octanol–water partition coefficient (Wildman–Crippen LogP) is 3.27. The maximum absolute atomic E-state index is 13.9. The average molecular weight is 610 g/mol. The Labute approximate surface area is 260 Å². The lowest BCUT2D eigenvalue weighted by Crippen LogP contribution is -2.48. The van der Waals surface area contributed by atoms with Gasteiger partial charge in [-0.05, 0) is 67.1 Å². The molecule has 2 aliphatic heterocycles. The van der Waals surface area contributed by atoms with Crippen LogP contribution < -0.4 is 15.4 Å². The van der Waals surface area contributed by atoms with Crippen molar-refractivity contribution < 1.29 is 19.4 Å². The van der Waals surface area contributed by atoms with Crippen LogP contribution in [0.2, 0.25) is 0 Å². The topological polar surface area (TPSA) is 126 Å². The van der Waals surface area contributed by atoms with E-state index in [0.29, 0.717) is 73.4 Å². The number of ether oxygens (including phenoxy) is 1. The number of rotatable bonds is 5. The fourth-order valence-electron chi connectivity index (χ4n) is 6.69. The molecule has 0 radical (unpaired) electrons. The average Bonchev–Trinajstić information content (AvgIpc) is 3.47. The molecule has 4 aromatic rings. The van der Waals surface area contributed by atoms with E-state index in [1.54, 1.807) is 65.8 Å². The Kier molecular flexibility index (Phi) is 7.68. The second kappa shape index (κ2) is 11.9. The van der Waals surface area contributed by atoms with E-state index in [2.05, 4.69) is 14.5 Å². The van der Waals surface area contributed by atoms with Gasteiger partial charge in [0, 0.05) is 68.6 Å². The maximum atomic E-state index is 13.9. The number of aliphatic hydroxyl groups is 1. The first-order chi connectivity index (χ1) is 22.0. The molecule has 3 amide bonds. The van der Waals surface area contributed by atoms with E-state index in [1.165, 1.54) is 20.7 Å². The Morgan fingerprint density at radius 2 is 1.82 bits per heavy atom. The minimum Gasteiger partial charge on any atom is -0.392 e. The summed E-state index contributed by atoms with van der Waals surface area (Å²) in [7, 11) is 1.62. The summed E-state index contributed by atoms with van der Waals surface area (Å²) in [6.45, 7) is 2.29. The van der Waals surface area contributed by atoms with Gasteiger partial charge in [0.15, 0.2) is 0 Å². The van der Waals surface area contributed by atoms with E-state index >= 15 is 0 Å². The number of hydrogen-bond acceptors (Lipinski definition) is 7. The van der Waals surface area contributed by atoms with Gasteiger partial charge in [0.05, 0.1) is 19.8 Å². The summed E-state index contributed by atoms with van der Waals surface area (Å²) >= 11 is 0. The van der Waals surface area contributed by atoms with Crippen LogP contribution in [-0.4, -0.2) is 73.9 Å². The van der Waals surface area contributed by atoms with E-state index in [0.717, 1.165) is 25.7 Å². The van der Waals surface area contributed by atoms with Gasteiger partial charge in [-0.3, -0.25) is 14.5 Å². The number of amides is 3. The van der Waals surface area contributed by atoms with Crippen molar-refractivity contribution in [2.45, 2.75) is 38.8 Å². The van der Waals surface area contributed by atoms with E-state index in [4.69, 9.17) is 4.74 Å². The number of nitrogens with zero attached hydrogens (tertiary/aromatic N) is 7. The first-order valence-electron chi connectivity index (χ1n) is 15.4. The molecule has 1 fully saturated rings. The van der Waals surface area contributed by atoms with Crippen molar-refractivity contribution in [3.63, 3.8) is 0 Å². The smallest absolute Gasteiger partial charge is 0.330 e. The Hall–Kier alpha value is -4.81. The molecule has 12 nitrogen and oxygen atoms in total. The van der Waals surface area contributed by atoms with Crippen molar-refractivity contribution >= 4 is 29.3 Å². The standard InChI is InChI=1S/C33H35N7O5/c1-36-20-23(19-28(31(36)42)40(29-8-4-5-10-34-29)33(44)37-14-16-45-17-15-37)24-9-11-35-30(25(24)21-41)39-13-12-38-26-7-3-2-6-22(26)18-27(38)32(39)43/h4-5,8-11,18-20,41H,2-3,6-7,12-17,21H2,1H3. The van der Waals surface area contributed by atoms with Crippen LogP contribution in [0.25, 0.3) is 11.1 Å². The van der Waals surface area contributed by atoms with Gasteiger partial charge in [0.2, 0.25) is 0 Å². The van der Waals surface area contributed by atoms with Crippen molar-refractivity contribution in [1.29, 1.82) is 0 Å². The van der Waals surface area contributed by atoms with Gasteiger partial charge < -0.3 is 23.9 Å². The van der Waals surface area contributed by atoms with E-state index in [9.17, 15) is 19.5 Å². The summed E-state index contributed by atoms with van der Waals surface area (Å²) < 4.78 is 9.00. The molecule has 1 saturated heterocycles. The van der Waals surface area contributed by atoms with Crippen LogP contribution >= 0.6 is 0 Å². The van der Waals surface area contributed by atoms with Crippen LogP contribution in [-0.2, 0) is 37.8 Å². The molecule has 0 aromatic carbocycles. The summed E-state index contributed by atoms with van der Waals surface area (Å²) in [5.74, 6) is 0.547. The quantitative estimate of drug-likeness (QED) is 0.368. The van der Waals surface area contributed by atoms with Gasteiger partial charge in [-0.2, -0.15) is 0 Å². The normalized spacial score (nSPS) is 16.4. The monoisotopic (exact) mass is 609 g/mol. The highest BCUT2D eigenvalue weighted by Gasteiger charge is 2.33. The van der Waals surface area contributed by atoms with Gasteiger partial charge in [-0.15, -0.1) is 0 Å². The Bertz CT molecular complexity index is 1830. The molecule has 0 saturated carbocycles. The number of morpholine rings is 1. The van der Waals surface area contributed by atoms with Crippen LogP contribution in [0.5, 0.6) is 0 Å². The number of aryl methyl sites for hydroxylation is 2. The number of pyridine rings is 3. The molecule has 4 aromatic heterocycles. The molecular weight excluding hydrogens is 574 g/mol. The van der Waals surface area contributed by atoms with E-state index in [-0.39, 0.29) is 29.8 Å². The fourth-order valence-corrected chi connectivity index (χ4v) is 6.69. The zero-order chi connectivity index (χ0) is 31.1. The molecule has 1 aliphatic carbocycles. The SMILES string of the molecule is Cn1cc(-c2ccnc(N3CCn4c(cc5c4CCCC5)C3=O)c2CO)cc(N(C(=O)N2CCOCC2)c2ccccn2)c1=O. The van der Waals surface area contributed by atoms with Crippen molar-refractivity contribution in [1.82, 2.24) is 24.0 Å². The number of urea groups is 1. The lowest BCUT2D eigenvalue weighted by atomic mass is 9.98. The maximum Gasteiger partial charge on any atom is 0.330 e.